The molecule has 0 unspecified atom stereocenters. The molecule has 1 N–H and O–H groups in total. The van der Waals surface area contributed by atoms with Gasteiger partial charge in [-0.25, -0.2) is 4.68 Å². The van der Waals surface area contributed by atoms with E-state index in [9.17, 15) is 4.79 Å². The Hall–Kier alpha value is -2.14. The summed E-state index contributed by atoms with van der Waals surface area (Å²) in [4.78, 5) is 12.1. The van der Waals surface area contributed by atoms with Crippen molar-refractivity contribution in [1.29, 1.82) is 0 Å². The number of benzene rings is 1. The highest BCUT2D eigenvalue weighted by molar-refractivity contribution is 5.95. The van der Waals surface area contributed by atoms with Gasteiger partial charge in [0.2, 0.25) is 0 Å². The molecule has 1 aromatic heterocycles. The minimum absolute atomic E-state index is 0.0965. The average molecular weight is 273 g/mol. The van der Waals surface area contributed by atoms with E-state index >= 15 is 0 Å². The molecule has 5 heteroatoms. The van der Waals surface area contributed by atoms with Crippen molar-refractivity contribution in [2.45, 2.75) is 13.3 Å². The summed E-state index contributed by atoms with van der Waals surface area (Å²) in [7, 11) is 1.65. The lowest BCUT2D eigenvalue weighted by Gasteiger charge is -2.06. The van der Waals surface area contributed by atoms with Crippen molar-refractivity contribution in [3.05, 3.63) is 47.8 Å². The second-order valence-electron chi connectivity index (χ2n) is 4.49. The monoisotopic (exact) mass is 273 g/mol. The molecule has 1 aromatic carbocycles. The zero-order valence-corrected chi connectivity index (χ0v) is 11.8. The van der Waals surface area contributed by atoms with Gasteiger partial charge in [-0.3, -0.25) is 4.79 Å². The Morgan fingerprint density at radius 2 is 2.10 bits per heavy atom. The van der Waals surface area contributed by atoms with E-state index in [0.717, 1.165) is 17.8 Å². The predicted molar refractivity (Wildman–Crippen MR) is 77.1 cm³/mol. The van der Waals surface area contributed by atoms with Gasteiger partial charge >= 0.3 is 0 Å². The maximum Gasteiger partial charge on any atom is 0.254 e. The maximum absolute atomic E-state index is 12.1. The normalized spacial score (nSPS) is 10.5. The van der Waals surface area contributed by atoms with Crippen molar-refractivity contribution in [1.82, 2.24) is 15.1 Å². The molecule has 5 nitrogen and oxygen atoms in total. The van der Waals surface area contributed by atoms with Crippen molar-refractivity contribution in [2.24, 2.45) is 0 Å². The topological polar surface area (TPSA) is 56.1 Å². The van der Waals surface area contributed by atoms with Gasteiger partial charge in [-0.2, -0.15) is 5.10 Å². The van der Waals surface area contributed by atoms with Gasteiger partial charge in [0, 0.05) is 20.3 Å². The molecular formula is C15H19N3O2. The fourth-order valence-electron chi connectivity index (χ4n) is 1.98. The van der Waals surface area contributed by atoms with Crippen LogP contribution in [0.5, 0.6) is 0 Å². The number of ether oxygens (including phenoxy) is 1. The van der Waals surface area contributed by atoms with Gasteiger partial charge in [0.1, 0.15) is 0 Å². The second-order valence-corrected chi connectivity index (χ2v) is 4.49. The van der Waals surface area contributed by atoms with Crippen molar-refractivity contribution < 1.29 is 9.53 Å². The summed E-state index contributed by atoms with van der Waals surface area (Å²) in [6.45, 7) is 3.13. The predicted octanol–water partition coefficient (Wildman–Crippen LogP) is 1.95. The largest absolute Gasteiger partial charge is 0.385 e. The number of carbonyl (C=O) groups is 1. The first-order chi connectivity index (χ1) is 9.74. The molecule has 0 aliphatic heterocycles. The van der Waals surface area contributed by atoms with E-state index in [0.29, 0.717) is 18.7 Å². The van der Waals surface area contributed by atoms with Crippen LogP contribution in [-0.2, 0) is 4.74 Å². The molecule has 1 amide bonds. The van der Waals surface area contributed by atoms with Crippen LogP contribution in [0.2, 0.25) is 0 Å². The Labute approximate surface area is 118 Å². The van der Waals surface area contributed by atoms with Crippen LogP contribution in [0.15, 0.2) is 36.5 Å². The summed E-state index contributed by atoms with van der Waals surface area (Å²) < 4.78 is 6.72. The lowest BCUT2D eigenvalue weighted by Crippen LogP contribution is -2.25. The Bertz CT molecular complexity index is 564. The van der Waals surface area contributed by atoms with Crippen molar-refractivity contribution in [3.8, 4) is 5.69 Å². The van der Waals surface area contributed by atoms with E-state index in [4.69, 9.17) is 4.74 Å². The highest BCUT2D eigenvalue weighted by Gasteiger charge is 2.14. The number of hydrogen-bond donors (Lipinski definition) is 1. The van der Waals surface area contributed by atoms with Gasteiger partial charge in [0.05, 0.1) is 23.1 Å². The molecule has 0 aliphatic rings. The van der Waals surface area contributed by atoms with Crippen LogP contribution in [0.3, 0.4) is 0 Å². The van der Waals surface area contributed by atoms with Crippen molar-refractivity contribution >= 4 is 5.91 Å². The molecule has 0 aliphatic carbocycles. The third-order valence-corrected chi connectivity index (χ3v) is 3.07. The van der Waals surface area contributed by atoms with E-state index in [1.54, 1.807) is 18.0 Å². The maximum atomic E-state index is 12.1. The van der Waals surface area contributed by atoms with Crippen LogP contribution in [0.1, 0.15) is 22.5 Å². The zero-order chi connectivity index (χ0) is 14.4. The SMILES string of the molecule is COCCCNC(=O)c1cnn(-c2ccccc2)c1C. The summed E-state index contributed by atoms with van der Waals surface area (Å²) in [6.07, 6.45) is 2.40. The van der Waals surface area contributed by atoms with E-state index in [2.05, 4.69) is 10.4 Å². The molecular weight excluding hydrogens is 254 g/mol. The number of nitrogens with zero attached hydrogens (tertiary/aromatic N) is 2. The van der Waals surface area contributed by atoms with Gasteiger partial charge in [0.15, 0.2) is 0 Å². The Morgan fingerprint density at radius 1 is 1.35 bits per heavy atom. The Balaban J connectivity index is 2.07. The fourth-order valence-corrected chi connectivity index (χ4v) is 1.98. The number of amides is 1. The molecule has 106 valence electrons. The lowest BCUT2D eigenvalue weighted by molar-refractivity contribution is 0.0948. The standard InChI is InChI=1S/C15H19N3O2/c1-12-14(15(19)16-9-6-10-20-2)11-17-18(12)13-7-4-3-5-8-13/h3-5,7-8,11H,6,9-10H2,1-2H3,(H,16,19). The van der Waals surface area contributed by atoms with Gasteiger partial charge < -0.3 is 10.1 Å². The Kier molecular flexibility index (Phi) is 4.90. The molecule has 20 heavy (non-hydrogen) atoms. The van der Waals surface area contributed by atoms with Crippen LogP contribution in [-0.4, -0.2) is 35.9 Å². The van der Waals surface area contributed by atoms with E-state index in [-0.39, 0.29) is 5.91 Å². The highest BCUT2D eigenvalue weighted by atomic mass is 16.5. The van der Waals surface area contributed by atoms with Crippen LogP contribution in [0.4, 0.5) is 0 Å². The minimum atomic E-state index is -0.0965. The molecule has 0 atom stereocenters. The lowest BCUT2D eigenvalue weighted by atomic mass is 10.2. The average Bonchev–Trinajstić information content (AvgIpc) is 2.86. The quantitative estimate of drug-likeness (QED) is 0.818. The molecule has 2 rings (SSSR count). The number of nitrogens with one attached hydrogen (secondary N) is 1. The van der Waals surface area contributed by atoms with Crippen LogP contribution < -0.4 is 5.32 Å². The molecule has 0 saturated heterocycles. The number of methoxy groups -OCH3 is 1. The second kappa shape index (κ2) is 6.86. The van der Waals surface area contributed by atoms with Crippen molar-refractivity contribution in [3.63, 3.8) is 0 Å². The number of para-hydroxylation sites is 1. The van der Waals surface area contributed by atoms with Crippen LogP contribution in [0, 0.1) is 6.92 Å². The smallest absolute Gasteiger partial charge is 0.254 e. The summed E-state index contributed by atoms with van der Waals surface area (Å²) in [5.41, 5.74) is 2.38. The number of carbonyl (C=O) groups excluding carboxylic acids is 1. The zero-order valence-electron chi connectivity index (χ0n) is 11.8. The molecule has 0 fully saturated rings. The summed E-state index contributed by atoms with van der Waals surface area (Å²) in [5.74, 6) is -0.0965. The third-order valence-electron chi connectivity index (χ3n) is 3.07. The molecule has 0 radical (unpaired) electrons. The summed E-state index contributed by atoms with van der Waals surface area (Å²) >= 11 is 0. The van der Waals surface area contributed by atoms with E-state index in [1.165, 1.54) is 0 Å². The van der Waals surface area contributed by atoms with Crippen molar-refractivity contribution in [2.75, 3.05) is 20.3 Å². The fraction of sp³-hybridized carbons (Fsp3) is 0.333. The van der Waals surface area contributed by atoms with E-state index < -0.39 is 0 Å². The van der Waals surface area contributed by atoms with Gasteiger partial charge in [-0.1, -0.05) is 18.2 Å². The number of aromatic nitrogens is 2. The van der Waals surface area contributed by atoms with E-state index in [1.807, 2.05) is 37.3 Å². The van der Waals surface area contributed by atoms with Gasteiger partial charge in [-0.05, 0) is 25.5 Å². The first-order valence-electron chi connectivity index (χ1n) is 6.61. The highest BCUT2D eigenvalue weighted by Crippen LogP contribution is 2.13. The molecule has 0 saturated carbocycles. The molecule has 1 heterocycles. The molecule has 0 spiro atoms. The minimum Gasteiger partial charge on any atom is -0.385 e. The summed E-state index contributed by atoms with van der Waals surface area (Å²) in [5, 5.41) is 7.15. The molecule has 0 bridgehead atoms. The molecule has 2 aromatic rings. The van der Waals surface area contributed by atoms with Gasteiger partial charge in [-0.15, -0.1) is 0 Å². The first-order valence-corrected chi connectivity index (χ1v) is 6.61. The summed E-state index contributed by atoms with van der Waals surface area (Å²) in [6, 6.07) is 9.76. The third kappa shape index (κ3) is 3.24. The number of hydrogen-bond acceptors (Lipinski definition) is 3. The first kappa shape index (κ1) is 14.3. The Morgan fingerprint density at radius 3 is 2.80 bits per heavy atom. The number of rotatable bonds is 6. The van der Waals surface area contributed by atoms with Crippen LogP contribution >= 0.6 is 0 Å². The van der Waals surface area contributed by atoms with Gasteiger partial charge in [0.25, 0.3) is 5.91 Å². The van der Waals surface area contributed by atoms with Crippen LogP contribution in [0.25, 0.3) is 5.69 Å².